The van der Waals surface area contributed by atoms with Gasteiger partial charge >= 0.3 is 5.97 Å². The molecule has 2 rings (SSSR count). The van der Waals surface area contributed by atoms with Gasteiger partial charge in [0, 0.05) is 12.8 Å². The highest BCUT2D eigenvalue weighted by Crippen LogP contribution is 2.21. The Bertz CT molecular complexity index is 799. The molecule has 0 spiro atoms. The number of Topliss-reactive ketones (excluding diaryl/α,β-unsaturated/α-hetero) is 1. The minimum atomic E-state index is -1.06. The molecular weight excluding hydrogens is 352 g/mol. The van der Waals surface area contributed by atoms with Crippen molar-refractivity contribution in [2.45, 2.75) is 59.5 Å². The van der Waals surface area contributed by atoms with E-state index in [1.54, 1.807) is 26.0 Å². The van der Waals surface area contributed by atoms with Crippen LogP contribution in [-0.4, -0.2) is 24.0 Å². The van der Waals surface area contributed by atoms with Crippen LogP contribution in [0.4, 0.5) is 0 Å². The predicted molar refractivity (Wildman–Crippen MR) is 111 cm³/mol. The first-order valence-electron chi connectivity index (χ1n) is 9.73. The van der Waals surface area contributed by atoms with E-state index in [4.69, 9.17) is 9.47 Å². The van der Waals surface area contributed by atoms with E-state index in [1.165, 1.54) is 11.1 Å². The summed E-state index contributed by atoms with van der Waals surface area (Å²) in [4.78, 5) is 24.5. The Kier molecular flexibility index (Phi) is 7.38. The molecule has 0 unspecified atom stereocenters. The lowest BCUT2D eigenvalue weighted by atomic mass is 10.00. The van der Waals surface area contributed by atoms with Gasteiger partial charge in [-0.2, -0.15) is 0 Å². The normalized spacial score (nSPS) is 11.2. The highest BCUT2D eigenvalue weighted by molar-refractivity contribution is 5.83. The van der Waals surface area contributed by atoms with Crippen LogP contribution < -0.4 is 4.74 Å². The fraction of sp³-hybridized carbons (Fsp3) is 0.417. The monoisotopic (exact) mass is 382 g/mol. The second kappa shape index (κ2) is 9.54. The largest absolute Gasteiger partial charge is 0.476 e. The first-order chi connectivity index (χ1) is 13.2. The first-order valence-corrected chi connectivity index (χ1v) is 9.73. The minimum Gasteiger partial charge on any atom is -0.476 e. The topological polar surface area (TPSA) is 52.6 Å². The first kappa shape index (κ1) is 21.7. The molecule has 0 radical (unpaired) electrons. The number of rotatable bonds is 9. The van der Waals surface area contributed by atoms with Gasteiger partial charge in [0.2, 0.25) is 0 Å². The van der Waals surface area contributed by atoms with Gasteiger partial charge in [-0.25, -0.2) is 4.79 Å². The minimum absolute atomic E-state index is 0.169. The SMILES string of the molecule is CCCOC(=O)C(C)(C)Oc1ccc(CC(=O)Cc2cc(C)cc(C)c2)cc1. The zero-order valence-corrected chi connectivity index (χ0v) is 17.5. The van der Waals surface area contributed by atoms with Crippen LogP contribution in [0.1, 0.15) is 49.4 Å². The number of benzene rings is 2. The van der Waals surface area contributed by atoms with Gasteiger partial charge in [0.25, 0.3) is 0 Å². The number of ketones is 1. The molecule has 0 aliphatic rings. The third kappa shape index (κ3) is 6.52. The molecule has 0 aliphatic heterocycles. The summed E-state index contributed by atoms with van der Waals surface area (Å²) in [6.07, 6.45) is 1.57. The Balaban J connectivity index is 1.94. The van der Waals surface area contributed by atoms with Crippen LogP contribution in [0.5, 0.6) is 5.75 Å². The van der Waals surface area contributed by atoms with Gasteiger partial charge in [0.05, 0.1) is 6.61 Å². The zero-order valence-electron chi connectivity index (χ0n) is 17.5. The van der Waals surface area contributed by atoms with E-state index in [0.717, 1.165) is 17.5 Å². The van der Waals surface area contributed by atoms with Crippen molar-refractivity contribution in [1.82, 2.24) is 0 Å². The Morgan fingerprint density at radius 3 is 2.04 bits per heavy atom. The summed E-state index contributed by atoms with van der Waals surface area (Å²) in [5.41, 5.74) is 3.26. The van der Waals surface area contributed by atoms with Crippen molar-refractivity contribution in [3.05, 3.63) is 64.7 Å². The van der Waals surface area contributed by atoms with Crippen LogP contribution in [-0.2, 0) is 27.2 Å². The van der Waals surface area contributed by atoms with E-state index in [0.29, 0.717) is 25.2 Å². The molecule has 0 N–H and O–H groups in total. The van der Waals surface area contributed by atoms with Gasteiger partial charge in [0.15, 0.2) is 5.60 Å². The Labute approximate surface area is 167 Å². The summed E-state index contributed by atoms with van der Waals surface area (Å²) in [6, 6.07) is 13.5. The van der Waals surface area contributed by atoms with Crippen molar-refractivity contribution in [2.24, 2.45) is 0 Å². The second-order valence-electron chi connectivity index (χ2n) is 7.78. The Morgan fingerprint density at radius 1 is 0.893 bits per heavy atom. The molecule has 2 aromatic rings. The Morgan fingerprint density at radius 2 is 1.46 bits per heavy atom. The second-order valence-corrected chi connectivity index (χ2v) is 7.78. The maximum Gasteiger partial charge on any atom is 0.349 e. The highest BCUT2D eigenvalue weighted by Gasteiger charge is 2.31. The molecule has 0 heterocycles. The molecule has 4 nitrogen and oxygen atoms in total. The van der Waals surface area contributed by atoms with Gasteiger partial charge in [-0.15, -0.1) is 0 Å². The molecule has 0 bridgehead atoms. The number of hydrogen-bond donors (Lipinski definition) is 0. The molecule has 0 aliphatic carbocycles. The van der Waals surface area contributed by atoms with Crippen LogP contribution in [0, 0.1) is 13.8 Å². The van der Waals surface area contributed by atoms with E-state index in [9.17, 15) is 9.59 Å². The maximum absolute atomic E-state index is 12.4. The fourth-order valence-electron chi connectivity index (χ4n) is 3.07. The van der Waals surface area contributed by atoms with Gasteiger partial charge in [-0.1, -0.05) is 48.4 Å². The van der Waals surface area contributed by atoms with Crippen molar-refractivity contribution in [3.63, 3.8) is 0 Å². The van der Waals surface area contributed by atoms with E-state index in [-0.39, 0.29) is 11.8 Å². The quantitative estimate of drug-likeness (QED) is 0.586. The van der Waals surface area contributed by atoms with Gasteiger partial charge in [0.1, 0.15) is 11.5 Å². The standard InChI is InChI=1S/C24H30O4/c1-6-11-27-23(26)24(4,5)28-22-9-7-19(8-10-22)15-21(25)16-20-13-17(2)12-18(3)14-20/h7-10,12-14H,6,11,15-16H2,1-5H3. The van der Waals surface area contributed by atoms with Crippen molar-refractivity contribution >= 4 is 11.8 Å². The predicted octanol–water partition coefficient (Wildman–Crippen LogP) is 4.77. The number of esters is 1. The molecular formula is C24H30O4. The van der Waals surface area contributed by atoms with Crippen molar-refractivity contribution in [2.75, 3.05) is 6.61 Å². The molecule has 28 heavy (non-hydrogen) atoms. The molecule has 4 heteroatoms. The number of aryl methyl sites for hydroxylation is 2. The molecule has 0 atom stereocenters. The van der Waals surface area contributed by atoms with Crippen molar-refractivity contribution in [1.29, 1.82) is 0 Å². The molecule has 0 aromatic heterocycles. The number of hydrogen-bond acceptors (Lipinski definition) is 4. The molecule has 0 saturated carbocycles. The summed E-state index contributed by atoms with van der Waals surface area (Å²) < 4.78 is 11.0. The van der Waals surface area contributed by atoms with Crippen LogP contribution in [0.15, 0.2) is 42.5 Å². The molecule has 0 amide bonds. The van der Waals surface area contributed by atoms with Crippen molar-refractivity contribution in [3.8, 4) is 5.75 Å². The van der Waals surface area contributed by atoms with E-state index >= 15 is 0 Å². The van der Waals surface area contributed by atoms with Crippen LogP contribution in [0.2, 0.25) is 0 Å². The zero-order chi connectivity index (χ0) is 20.7. The van der Waals surface area contributed by atoms with E-state index < -0.39 is 5.60 Å². The van der Waals surface area contributed by atoms with Gasteiger partial charge in [-0.05, 0) is 57.4 Å². The number of ether oxygens (including phenoxy) is 2. The lowest BCUT2D eigenvalue weighted by Gasteiger charge is -2.24. The molecule has 0 fully saturated rings. The van der Waals surface area contributed by atoms with Gasteiger partial charge in [-0.3, -0.25) is 4.79 Å². The fourth-order valence-corrected chi connectivity index (χ4v) is 3.07. The smallest absolute Gasteiger partial charge is 0.349 e. The van der Waals surface area contributed by atoms with Crippen LogP contribution in [0.3, 0.4) is 0 Å². The average molecular weight is 383 g/mol. The van der Waals surface area contributed by atoms with Crippen molar-refractivity contribution < 1.29 is 19.1 Å². The number of carbonyl (C=O) groups excluding carboxylic acids is 2. The third-order valence-corrected chi connectivity index (χ3v) is 4.31. The highest BCUT2D eigenvalue weighted by atomic mass is 16.6. The van der Waals surface area contributed by atoms with E-state index in [2.05, 4.69) is 18.2 Å². The Hall–Kier alpha value is -2.62. The summed E-state index contributed by atoms with van der Waals surface area (Å²) in [6.45, 7) is 9.78. The average Bonchev–Trinajstić information content (AvgIpc) is 2.60. The summed E-state index contributed by atoms with van der Waals surface area (Å²) >= 11 is 0. The lowest BCUT2D eigenvalue weighted by molar-refractivity contribution is -0.159. The molecule has 0 saturated heterocycles. The molecule has 150 valence electrons. The molecule has 2 aromatic carbocycles. The van der Waals surface area contributed by atoms with E-state index in [1.807, 2.05) is 32.9 Å². The van der Waals surface area contributed by atoms with Crippen LogP contribution >= 0.6 is 0 Å². The van der Waals surface area contributed by atoms with Crippen LogP contribution in [0.25, 0.3) is 0 Å². The summed E-state index contributed by atoms with van der Waals surface area (Å²) in [5, 5.41) is 0. The summed E-state index contributed by atoms with van der Waals surface area (Å²) in [5.74, 6) is 0.355. The lowest BCUT2D eigenvalue weighted by Crippen LogP contribution is -2.39. The third-order valence-electron chi connectivity index (χ3n) is 4.31. The summed E-state index contributed by atoms with van der Waals surface area (Å²) in [7, 11) is 0. The van der Waals surface area contributed by atoms with Gasteiger partial charge < -0.3 is 9.47 Å². The maximum atomic E-state index is 12.4. The number of carbonyl (C=O) groups is 2.